The second-order valence-corrected chi connectivity index (χ2v) is 15.8. The molecule has 0 amide bonds. The Hall–Kier alpha value is -6.08. The maximum absolute atomic E-state index is 4.78. The molecular formula is C51H53N7. The van der Waals surface area contributed by atoms with Crippen LogP contribution in [0, 0.1) is 5.92 Å². The molecule has 1 aliphatic rings. The van der Waals surface area contributed by atoms with Crippen LogP contribution in [0.2, 0.25) is 0 Å². The van der Waals surface area contributed by atoms with E-state index in [1.165, 1.54) is 56.9 Å². The van der Waals surface area contributed by atoms with Gasteiger partial charge in [0.1, 0.15) is 0 Å². The monoisotopic (exact) mass is 763 g/mol. The molecule has 7 heteroatoms. The zero-order valence-corrected chi connectivity index (χ0v) is 34.0. The third kappa shape index (κ3) is 8.89. The summed E-state index contributed by atoms with van der Waals surface area (Å²) in [6.45, 7) is 6.68. The summed E-state index contributed by atoms with van der Waals surface area (Å²) in [7, 11) is 0. The van der Waals surface area contributed by atoms with Gasteiger partial charge < -0.3 is 5.32 Å². The van der Waals surface area contributed by atoms with Crippen LogP contribution < -0.4 is 5.32 Å². The molecule has 0 radical (unpaired) electrons. The molecule has 1 unspecified atom stereocenters. The summed E-state index contributed by atoms with van der Waals surface area (Å²) in [5.74, 6) is 1.58. The van der Waals surface area contributed by atoms with Crippen molar-refractivity contribution in [2.45, 2.75) is 90.5 Å². The molecule has 0 saturated heterocycles. The number of nitrogens with one attached hydrogen (secondary N) is 1. The van der Waals surface area contributed by atoms with Gasteiger partial charge in [0.2, 0.25) is 0 Å². The standard InChI is InChI=1S/C51H53N7/c1-4-6-7-14-36-21-23-37(24-22-36)38-25-27-39(28-26-38)53-54-47-31-32-49(43-18-11-10-17-42(43)47)57-58-51-34-33-50(44-19-12-13-20-45(44)51)56-55-48-30-29-46(52-35(3)5-2)40-15-8-9-16-41(40)48/h8-13,15-20,25-37,52H,4-7,14,21-24H2,1-3H3. The van der Waals surface area contributed by atoms with Crippen LogP contribution in [0.25, 0.3) is 32.3 Å². The highest BCUT2D eigenvalue weighted by Crippen LogP contribution is 2.41. The lowest BCUT2D eigenvalue weighted by Crippen LogP contribution is -2.13. The van der Waals surface area contributed by atoms with Crippen LogP contribution in [0.4, 0.5) is 39.8 Å². The molecule has 0 aliphatic heterocycles. The van der Waals surface area contributed by atoms with Crippen molar-refractivity contribution in [2.24, 2.45) is 36.6 Å². The lowest BCUT2D eigenvalue weighted by Gasteiger charge is -2.28. The number of unbranched alkanes of at least 4 members (excludes halogenated alkanes) is 2. The van der Waals surface area contributed by atoms with Gasteiger partial charge in [0.05, 0.1) is 34.1 Å². The van der Waals surface area contributed by atoms with Crippen LogP contribution in [0.3, 0.4) is 0 Å². The Labute approximate surface area is 342 Å². The van der Waals surface area contributed by atoms with Gasteiger partial charge in [-0.2, -0.15) is 5.11 Å². The average Bonchev–Trinajstić information content (AvgIpc) is 3.28. The molecule has 58 heavy (non-hydrogen) atoms. The van der Waals surface area contributed by atoms with Gasteiger partial charge in [0.15, 0.2) is 0 Å². The molecule has 292 valence electrons. The maximum Gasteiger partial charge on any atom is 0.0936 e. The summed E-state index contributed by atoms with van der Waals surface area (Å²) in [5, 5.41) is 38.1. The fourth-order valence-corrected chi connectivity index (χ4v) is 8.35. The Bertz CT molecular complexity index is 2580. The largest absolute Gasteiger partial charge is 0.382 e. The molecule has 8 rings (SSSR count). The van der Waals surface area contributed by atoms with Crippen molar-refractivity contribution in [3.05, 3.63) is 139 Å². The maximum atomic E-state index is 4.78. The van der Waals surface area contributed by atoms with Crippen molar-refractivity contribution < 1.29 is 0 Å². The Morgan fingerprint density at radius 3 is 1.38 bits per heavy atom. The molecule has 7 aromatic rings. The third-order valence-corrected chi connectivity index (χ3v) is 11.9. The van der Waals surface area contributed by atoms with E-state index in [-0.39, 0.29) is 0 Å². The van der Waals surface area contributed by atoms with E-state index in [0.717, 1.165) is 84.5 Å². The van der Waals surface area contributed by atoms with E-state index in [1.807, 2.05) is 60.7 Å². The number of azo groups is 3. The van der Waals surface area contributed by atoms with Gasteiger partial charge in [-0.25, -0.2) is 0 Å². The lowest BCUT2D eigenvalue weighted by atomic mass is 9.77. The smallest absolute Gasteiger partial charge is 0.0936 e. The first-order valence-corrected chi connectivity index (χ1v) is 21.2. The van der Waals surface area contributed by atoms with Crippen molar-refractivity contribution in [2.75, 3.05) is 5.32 Å². The van der Waals surface area contributed by atoms with E-state index in [2.05, 4.69) is 104 Å². The number of fused-ring (bicyclic) bond motifs is 3. The first kappa shape index (κ1) is 38.8. The minimum absolute atomic E-state index is 0.376. The zero-order valence-electron chi connectivity index (χ0n) is 34.0. The average molecular weight is 764 g/mol. The molecule has 1 N–H and O–H groups in total. The van der Waals surface area contributed by atoms with Crippen molar-refractivity contribution in [1.29, 1.82) is 0 Å². The van der Waals surface area contributed by atoms with Crippen LogP contribution in [0.5, 0.6) is 0 Å². The Morgan fingerprint density at radius 1 is 0.483 bits per heavy atom. The lowest BCUT2D eigenvalue weighted by molar-refractivity contribution is 0.303. The van der Waals surface area contributed by atoms with Crippen LogP contribution in [0.15, 0.2) is 164 Å². The molecule has 0 bridgehead atoms. The van der Waals surface area contributed by atoms with E-state index in [1.54, 1.807) is 0 Å². The highest BCUT2D eigenvalue weighted by molar-refractivity contribution is 6.02. The molecule has 1 atom stereocenters. The number of benzene rings is 7. The molecule has 1 fully saturated rings. The topological polar surface area (TPSA) is 86.2 Å². The normalized spacial score (nSPS) is 16.7. The second kappa shape index (κ2) is 18.5. The predicted molar refractivity (Wildman–Crippen MR) is 243 cm³/mol. The number of anilines is 1. The van der Waals surface area contributed by atoms with Gasteiger partial charge in [-0.3, -0.25) is 0 Å². The van der Waals surface area contributed by atoms with Crippen LogP contribution in [-0.4, -0.2) is 6.04 Å². The van der Waals surface area contributed by atoms with Crippen molar-refractivity contribution in [3.63, 3.8) is 0 Å². The van der Waals surface area contributed by atoms with Crippen molar-refractivity contribution >= 4 is 72.1 Å². The summed E-state index contributed by atoms with van der Waals surface area (Å²) in [4.78, 5) is 0. The molecule has 1 saturated carbocycles. The fraction of sp³-hybridized carbons (Fsp3) is 0.294. The SMILES string of the molecule is CCCCCC1CCC(c2ccc(N=Nc3ccc(N=Nc4ccc(N=Nc5ccc(NC(C)CC)c6ccccc56)c5ccccc45)c4ccccc34)cc2)CC1. The van der Waals surface area contributed by atoms with E-state index in [0.29, 0.717) is 12.0 Å². The number of hydrogen-bond acceptors (Lipinski definition) is 7. The van der Waals surface area contributed by atoms with Gasteiger partial charge >= 0.3 is 0 Å². The summed E-state index contributed by atoms with van der Waals surface area (Å²) in [5.41, 5.74) is 7.33. The van der Waals surface area contributed by atoms with Gasteiger partial charge in [-0.05, 0) is 105 Å². The fourth-order valence-electron chi connectivity index (χ4n) is 8.35. The minimum Gasteiger partial charge on any atom is -0.382 e. The number of hydrogen-bond donors (Lipinski definition) is 1. The van der Waals surface area contributed by atoms with Crippen molar-refractivity contribution in [3.8, 4) is 0 Å². The predicted octanol–water partition coefficient (Wildman–Crippen LogP) is 17.5. The zero-order chi connectivity index (χ0) is 39.7. The number of rotatable bonds is 14. The number of nitrogens with zero attached hydrogens (tertiary/aromatic N) is 6. The molecule has 7 aromatic carbocycles. The molecule has 0 aromatic heterocycles. The summed E-state index contributed by atoms with van der Waals surface area (Å²) < 4.78 is 0. The summed E-state index contributed by atoms with van der Waals surface area (Å²) >= 11 is 0. The van der Waals surface area contributed by atoms with Crippen LogP contribution in [-0.2, 0) is 0 Å². The Kier molecular flexibility index (Phi) is 12.3. The van der Waals surface area contributed by atoms with E-state index < -0.39 is 0 Å². The molecule has 0 heterocycles. The van der Waals surface area contributed by atoms with Gasteiger partial charge in [-0.1, -0.05) is 124 Å². The van der Waals surface area contributed by atoms with E-state index in [9.17, 15) is 0 Å². The first-order valence-electron chi connectivity index (χ1n) is 21.2. The molecule has 0 spiro atoms. The van der Waals surface area contributed by atoms with Crippen molar-refractivity contribution in [1.82, 2.24) is 0 Å². The summed E-state index contributed by atoms with van der Waals surface area (Å²) in [6.07, 6.45) is 11.8. The highest BCUT2D eigenvalue weighted by atomic mass is 15.1. The quantitative estimate of drug-likeness (QED) is 0.0868. The second-order valence-electron chi connectivity index (χ2n) is 15.8. The summed E-state index contributed by atoms with van der Waals surface area (Å²) in [6, 6.07) is 45.8. The molecule has 7 nitrogen and oxygen atoms in total. The molecular weight excluding hydrogens is 711 g/mol. The Morgan fingerprint density at radius 2 is 0.914 bits per heavy atom. The minimum atomic E-state index is 0.376. The van der Waals surface area contributed by atoms with E-state index >= 15 is 0 Å². The molecule has 1 aliphatic carbocycles. The van der Waals surface area contributed by atoms with Gasteiger partial charge in [0.25, 0.3) is 0 Å². The highest BCUT2D eigenvalue weighted by Gasteiger charge is 2.22. The third-order valence-electron chi connectivity index (χ3n) is 11.9. The van der Waals surface area contributed by atoms with Gasteiger partial charge in [0, 0.05) is 44.0 Å². The van der Waals surface area contributed by atoms with E-state index in [4.69, 9.17) is 25.6 Å². The van der Waals surface area contributed by atoms with Crippen LogP contribution >= 0.6 is 0 Å². The Balaban J connectivity index is 0.989. The van der Waals surface area contributed by atoms with Gasteiger partial charge in [-0.15, -0.1) is 25.6 Å². The first-order chi connectivity index (χ1) is 28.6. The van der Waals surface area contributed by atoms with Crippen LogP contribution in [0.1, 0.15) is 90.0 Å².